The lowest BCUT2D eigenvalue weighted by Crippen LogP contribution is -2.18. The Morgan fingerprint density at radius 1 is 1.17 bits per heavy atom. The lowest BCUT2D eigenvalue weighted by atomic mass is 9.87. The van der Waals surface area contributed by atoms with E-state index in [2.05, 4.69) is 31.3 Å². The maximum atomic E-state index is 13.6. The van der Waals surface area contributed by atoms with Gasteiger partial charge in [-0.3, -0.25) is 4.79 Å². The van der Waals surface area contributed by atoms with Gasteiger partial charge in [0.15, 0.2) is 0 Å². The Balaban J connectivity index is 2.06. The molecule has 0 aliphatic rings. The highest BCUT2D eigenvalue weighted by molar-refractivity contribution is 6.33. The molecule has 0 spiro atoms. The van der Waals surface area contributed by atoms with Crippen LogP contribution in [-0.4, -0.2) is 12.1 Å². The molecule has 0 radical (unpaired) electrons. The van der Waals surface area contributed by atoms with E-state index in [-0.39, 0.29) is 21.9 Å². The fraction of sp³-hybridized carbons (Fsp3) is 0.222. The van der Waals surface area contributed by atoms with Gasteiger partial charge >= 0.3 is 0 Å². The minimum Gasteiger partial charge on any atom is -0.267 e. The van der Waals surface area contributed by atoms with Crippen molar-refractivity contribution >= 4 is 23.7 Å². The summed E-state index contributed by atoms with van der Waals surface area (Å²) in [5.74, 6) is -0.862. The first-order valence-electron chi connectivity index (χ1n) is 7.17. The Kier molecular flexibility index (Phi) is 5.16. The summed E-state index contributed by atoms with van der Waals surface area (Å²) < 4.78 is 13.6. The first-order valence-corrected chi connectivity index (χ1v) is 7.55. The molecule has 1 N–H and O–H groups in total. The molecule has 0 aromatic heterocycles. The van der Waals surface area contributed by atoms with Crippen LogP contribution in [0.25, 0.3) is 0 Å². The summed E-state index contributed by atoms with van der Waals surface area (Å²) in [5.41, 5.74) is 4.14. The zero-order valence-electron chi connectivity index (χ0n) is 13.2. The van der Waals surface area contributed by atoms with Crippen LogP contribution in [0.2, 0.25) is 5.02 Å². The van der Waals surface area contributed by atoms with Gasteiger partial charge < -0.3 is 0 Å². The molecule has 0 saturated carbocycles. The van der Waals surface area contributed by atoms with Crippen molar-refractivity contribution in [3.63, 3.8) is 0 Å². The third kappa shape index (κ3) is 4.39. The van der Waals surface area contributed by atoms with Crippen molar-refractivity contribution in [2.75, 3.05) is 0 Å². The standard InChI is InChI=1S/C18H18ClFN2O/c1-18(2,3)13-9-7-12(8-10-13)17(23)22-21-11-14-15(19)5-4-6-16(14)20/h4-11H,1-3H3,(H,22,23)/b21-11+. The number of halogens is 2. The maximum absolute atomic E-state index is 13.6. The van der Waals surface area contributed by atoms with Crippen LogP contribution in [-0.2, 0) is 5.41 Å². The summed E-state index contributed by atoms with van der Waals surface area (Å²) in [6, 6.07) is 11.6. The number of hydrogen-bond donors (Lipinski definition) is 1. The summed E-state index contributed by atoms with van der Waals surface area (Å²) in [6.07, 6.45) is 1.19. The Labute approximate surface area is 140 Å². The topological polar surface area (TPSA) is 41.5 Å². The molecule has 1 amide bonds. The quantitative estimate of drug-likeness (QED) is 0.650. The Hall–Kier alpha value is -2.20. The lowest BCUT2D eigenvalue weighted by Gasteiger charge is -2.18. The molecular weight excluding hydrogens is 315 g/mol. The molecule has 0 unspecified atom stereocenters. The van der Waals surface area contributed by atoms with Gasteiger partial charge in [0.25, 0.3) is 5.91 Å². The highest BCUT2D eigenvalue weighted by Crippen LogP contribution is 2.22. The number of rotatable bonds is 3. The minimum atomic E-state index is -0.495. The van der Waals surface area contributed by atoms with Crippen LogP contribution >= 0.6 is 11.6 Å². The normalized spacial score (nSPS) is 11.7. The highest BCUT2D eigenvalue weighted by atomic mass is 35.5. The first-order chi connectivity index (χ1) is 10.8. The van der Waals surface area contributed by atoms with Crippen molar-refractivity contribution in [1.29, 1.82) is 0 Å². The molecule has 0 heterocycles. The van der Waals surface area contributed by atoms with Crippen LogP contribution in [0.15, 0.2) is 47.6 Å². The molecule has 5 heteroatoms. The Morgan fingerprint density at radius 3 is 2.39 bits per heavy atom. The van der Waals surface area contributed by atoms with Crippen LogP contribution in [0.1, 0.15) is 42.3 Å². The average molecular weight is 333 g/mol. The number of carbonyl (C=O) groups excluding carboxylic acids is 1. The van der Waals surface area contributed by atoms with Crippen molar-refractivity contribution in [2.45, 2.75) is 26.2 Å². The molecule has 0 fully saturated rings. The van der Waals surface area contributed by atoms with Gasteiger partial charge in [-0.15, -0.1) is 0 Å². The summed E-state index contributed by atoms with van der Waals surface area (Å²) >= 11 is 5.88. The van der Waals surface area contributed by atoms with Crippen molar-refractivity contribution in [3.8, 4) is 0 Å². The number of hydrogen-bond acceptors (Lipinski definition) is 2. The van der Waals surface area contributed by atoms with E-state index in [1.54, 1.807) is 18.2 Å². The Bertz CT molecular complexity index is 713. The van der Waals surface area contributed by atoms with Crippen molar-refractivity contribution in [3.05, 3.63) is 70.0 Å². The van der Waals surface area contributed by atoms with Crippen LogP contribution in [0, 0.1) is 5.82 Å². The van der Waals surface area contributed by atoms with E-state index in [0.717, 1.165) is 5.56 Å². The molecule has 2 aromatic rings. The van der Waals surface area contributed by atoms with Gasteiger partial charge in [-0.25, -0.2) is 9.82 Å². The molecule has 0 bridgehead atoms. The van der Waals surface area contributed by atoms with E-state index in [1.807, 2.05) is 12.1 Å². The number of nitrogens with one attached hydrogen (secondary N) is 1. The van der Waals surface area contributed by atoms with Crippen LogP contribution in [0.5, 0.6) is 0 Å². The van der Waals surface area contributed by atoms with Gasteiger partial charge in [-0.2, -0.15) is 5.10 Å². The van der Waals surface area contributed by atoms with Crippen molar-refractivity contribution < 1.29 is 9.18 Å². The van der Waals surface area contributed by atoms with E-state index < -0.39 is 5.82 Å². The summed E-state index contributed by atoms with van der Waals surface area (Å²) in [4.78, 5) is 12.0. The van der Waals surface area contributed by atoms with E-state index in [9.17, 15) is 9.18 Å². The molecule has 2 aromatic carbocycles. The largest absolute Gasteiger partial charge is 0.271 e. The monoisotopic (exact) mass is 332 g/mol. The fourth-order valence-electron chi connectivity index (χ4n) is 1.98. The third-order valence-corrected chi connectivity index (χ3v) is 3.70. The number of amides is 1. The fourth-order valence-corrected chi connectivity index (χ4v) is 2.19. The number of benzene rings is 2. The van der Waals surface area contributed by atoms with Gasteiger partial charge in [0, 0.05) is 11.1 Å². The zero-order valence-corrected chi connectivity index (χ0v) is 14.0. The molecule has 3 nitrogen and oxygen atoms in total. The van der Waals surface area contributed by atoms with E-state index in [4.69, 9.17) is 11.6 Å². The molecular formula is C18H18ClFN2O. The van der Waals surface area contributed by atoms with Gasteiger partial charge in [0.05, 0.1) is 11.2 Å². The van der Waals surface area contributed by atoms with Crippen LogP contribution in [0.3, 0.4) is 0 Å². The second-order valence-electron chi connectivity index (χ2n) is 6.16. The van der Waals surface area contributed by atoms with Crippen molar-refractivity contribution in [1.82, 2.24) is 5.43 Å². The lowest BCUT2D eigenvalue weighted by molar-refractivity contribution is 0.0955. The van der Waals surface area contributed by atoms with Crippen LogP contribution in [0.4, 0.5) is 4.39 Å². The SMILES string of the molecule is CC(C)(C)c1ccc(C(=O)N/N=C/c2c(F)cccc2Cl)cc1. The Morgan fingerprint density at radius 2 is 1.83 bits per heavy atom. The van der Waals surface area contributed by atoms with Crippen molar-refractivity contribution in [2.24, 2.45) is 5.10 Å². The van der Waals surface area contributed by atoms with Gasteiger partial charge in [-0.1, -0.05) is 50.6 Å². The second kappa shape index (κ2) is 6.92. The average Bonchev–Trinajstić information content (AvgIpc) is 2.49. The molecule has 2 rings (SSSR count). The summed E-state index contributed by atoms with van der Waals surface area (Å²) in [7, 11) is 0. The van der Waals surface area contributed by atoms with Gasteiger partial charge in [0.1, 0.15) is 5.82 Å². The summed E-state index contributed by atoms with van der Waals surface area (Å²) in [6.45, 7) is 6.31. The van der Waals surface area contributed by atoms with Crippen LogP contribution < -0.4 is 5.43 Å². The van der Waals surface area contributed by atoms with E-state index in [1.165, 1.54) is 18.3 Å². The highest BCUT2D eigenvalue weighted by Gasteiger charge is 2.14. The zero-order chi connectivity index (χ0) is 17.0. The minimum absolute atomic E-state index is 0.0226. The molecule has 0 saturated heterocycles. The third-order valence-electron chi connectivity index (χ3n) is 3.37. The van der Waals surface area contributed by atoms with E-state index >= 15 is 0 Å². The first kappa shape index (κ1) is 17.2. The number of hydrazone groups is 1. The predicted octanol–water partition coefficient (Wildman–Crippen LogP) is 4.54. The molecule has 0 aliphatic carbocycles. The number of carbonyl (C=O) groups is 1. The molecule has 0 atom stereocenters. The van der Waals surface area contributed by atoms with E-state index in [0.29, 0.717) is 5.56 Å². The second-order valence-corrected chi connectivity index (χ2v) is 6.57. The predicted molar refractivity (Wildman–Crippen MR) is 91.6 cm³/mol. The smallest absolute Gasteiger partial charge is 0.267 e. The molecule has 23 heavy (non-hydrogen) atoms. The van der Waals surface area contributed by atoms with Gasteiger partial charge in [0.2, 0.25) is 0 Å². The maximum Gasteiger partial charge on any atom is 0.271 e. The summed E-state index contributed by atoms with van der Waals surface area (Å²) in [5, 5.41) is 4.00. The molecule has 120 valence electrons. The molecule has 0 aliphatic heterocycles. The van der Waals surface area contributed by atoms with Gasteiger partial charge in [-0.05, 0) is 35.2 Å². The number of nitrogens with zero attached hydrogens (tertiary/aromatic N) is 1.